The highest BCUT2D eigenvalue weighted by molar-refractivity contribution is 6.38. The predicted molar refractivity (Wildman–Crippen MR) is 93.8 cm³/mol. The molecule has 0 radical (unpaired) electrons. The lowest BCUT2D eigenvalue weighted by atomic mass is 9.90. The first-order valence-corrected chi connectivity index (χ1v) is 9.23. The smallest absolute Gasteiger partial charge is 0.354 e. The Hall–Kier alpha value is -1.95. The Labute approximate surface area is 147 Å². The molecule has 1 saturated carbocycles. The molecule has 0 aromatic heterocycles. The van der Waals surface area contributed by atoms with Crippen LogP contribution in [0.5, 0.6) is 0 Å². The number of esters is 1. The Balaban J connectivity index is 1.78. The highest BCUT2D eigenvalue weighted by Gasteiger charge is 2.59. The van der Waals surface area contributed by atoms with Crippen LogP contribution in [0.25, 0.3) is 0 Å². The zero-order chi connectivity index (χ0) is 17.4. The van der Waals surface area contributed by atoms with Crippen molar-refractivity contribution >= 4 is 17.4 Å². The number of likely N-dealkylation sites (tertiary alicyclic amines) is 1. The molecular formula is C19H24FN3O2. The van der Waals surface area contributed by atoms with E-state index in [-0.39, 0.29) is 23.4 Å². The number of benzene rings is 1. The van der Waals surface area contributed by atoms with Gasteiger partial charge in [-0.05, 0) is 63.3 Å². The van der Waals surface area contributed by atoms with Crippen LogP contribution in [0.4, 0.5) is 10.1 Å². The summed E-state index contributed by atoms with van der Waals surface area (Å²) in [5.41, 5.74) is 1.05. The Morgan fingerprint density at radius 2 is 2.00 bits per heavy atom. The van der Waals surface area contributed by atoms with Crippen LogP contribution >= 0.6 is 0 Å². The van der Waals surface area contributed by atoms with Crippen molar-refractivity contribution in [3.63, 3.8) is 0 Å². The number of ether oxygens (including phenoxy) is 1. The van der Waals surface area contributed by atoms with Gasteiger partial charge in [0.1, 0.15) is 11.5 Å². The van der Waals surface area contributed by atoms with Crippen LogP contribution in [0.3, 0.4) is 0 Å². The number of halogens is 1. The van der Waals surface area contributed by atoms with Gasteiger partial charge in [-0.25, -0.2) is 14.2 Å². The number of anilines is 1. The second-order valence-corrected chi connectivity index (χ2v) is 7.01. The van der Waals surface area contributed by atoms with Crippen LogP contribution in [0, 0.1) is 11.7 Å². The van der Waals surface area contributed by atoms with Crippen LogP contribution in [0.1, 0.15) is 39.0 Å². The summed E-state index contributed by atoms with van der Waals surface area (Å²) in [6, 6.07) is 6.41. The Kier molecular flexibility index (Phi) is 4.23. The molecule has 1 aromatic carbocycles. The molecular weight excluding hydrogens is 321 g/mol. The Morgan fingerprint density at radius 3 is 2.68 bits per heavy atom. The fraction of sp³-hybridized carbons (Fsp3) is 0.579. The van der Waals surface area contributed by atoms with Gasteiger partial charge in [-0.3, -0.25) is 4.90 Å². The van der Waals surface area contributed by atoms with E-state index < -0.39 is 0 Å². The van der Waals surface area contributed by atoms with Crippen LogP contribution in [0.15, 0.2) is 29.4 Å². The topological polar surface area (TPSA) is 45.1 Å². The van der Waals surface area contributed by atoms with E-state index in [1.165, 1.54) is 25.0 Å². The summed E-state index contributed by atoms with van der Waals surface area (Å²) in [5.74, 6) is -0.534. The van der Waals surface area contributed by atoms with Crippen LogP contribution in [0.2, 0.25) is 0 Å². The van der Waals surface area contributed by atoms with E-state index in [0.29, 0.717) is 12.3 Å². The SMILES string of the molecule is CCOC(=O)C1=NN(c2ccc(F)cc2)C2(N3CCCC3)CCCC12. The highest BCUT2D eigenvalue weighted by Crippen LogP contribution is 2.50. The molecule has 2 unspecified atom stereocenters. The molecule has 5 nitrogen and oxygen atoms in total. The minimum atomic E-state index is -0.317. The minimum absolute atomic E-state index is 0.0507. The maximum absolute atomic E-state index is 13.4. The third kappa shape index (κ3) is 2.54. The zero-order valence-corrected chi connectivity index (χ0v) is 14.6. The lowest BCUT2D eigenvalue weighted by Crippen LogP contribution is -2.58. The van der Waals surface area contributed by atoms with Crippen molar-refractivity contribution in [1.29, 1.82) is 0 Å². The fourth-order valence-electron chi connectivity index (χ4n) is 4.71. The van der Waals surface area contributed by atoms with Crippen molar-refractivity contribution in [2.45, 2.75) is 44.7 Å². The van der Waals surface area contributed by atoms with Gasteiger partial charge >= 0.3 is 5.97 Å². The third-order valence-corrected chi connectivity index (χ3v) is 5.71. The van der Waals surface area contributed by atoms with Crippen LogP contribution < -0.4 is 5.01 Å². The van der Waals surface area contributed by atoms with Crippen molar-refractivity contribution in [3.8, 4) is 0 Å². The van der Waals surface area contributed by atoms with E-state index in [0.717, 1.165) is 38.0 Å². The molecule has 0 N–H and O–H groups in total. The number of rotatable bonds is 4. The lowest BCUT2D eigenvalue weighted by Gasteiger charge is -2.45. The highest BCUT2D eigenvalue weighted by atomic mass is 19.1. The van der Waals surface area contributed by atoms with Gasteiger partial charge in [-0.15, -0.1) is 0 Å². The lowest BCUT2D eigenvalue weighted by molar-refractivity contribution is -0.135. The summed E-state index contributed by atoms with van der Waals surface area (Å²) >= 11 is 0. The van der Waals surface area contributed by atoms with Gasteiger partial charge in [0.25, 0.3) is 0 Å². The molecule has 2 fully saturated rings. The maximum atomic E-state index is 13.4. The molecule has 4 rings (SSSR count). The fourth-order valence-corrected chi connectivity index (χ4v) is 4.71. The number of carbonyl (C=O) groups is 1. The van der Waals surface area contributed by atoms with E-state index in [1.54, 1.807) is 12.1 Å². The molecule has 2 heterocycles. The number of carbonyl (C=O) groups excluding carboxylic acids is 1. The van der Waals surface area contributed by atoms with E-state index in [4.69, 9.17) is 9.84 Å². The first-order chi connectivity index (χ1) is 12.2. The minimum Gasteiger partial charge on any atom is -0.461 e. The number of hydrazone groups is 1. The monoisotopic (exact) mass is 345 g/mol. The van der Waals surface area contributed by atoms with E-state index in [1.807, 2.05) is 11.9 Å². The molecule has 3 aliphatic rings. The molecule has 0 bridgehead atoms. The molecule has 2 aliphatic heterocycles. The van der Waals surface area contributed by atoms with Gasteiger partial charge in [-0.1, -0.05) is 0 Å². The van der Waals surface area contributed by atoms with Gasteiger partial charge < -0.3 is 4.74 Å². The molecule has 6 heteroatoms. The number of fused-ring (bicyclic) bond motifs is 1. The average Bonchev–Trinajstić information content (AvgIpc) is 3.31. The zero-order valence-electron chi connectivity index (χ0n) is 14.6. The van der Waals surface area contributed by atoms with Gasteiger partial charge in [0.15, 0.2) is 5.71 Å². The standard InChI is InChI=1S/C19H24FN3O2/c1-2-25-18(24)17-16-6-5-11-19(16,22-12-3-4-13-22)23(21-17)15-9-7-14(20)8-10-15/h7-10,16H,2-6,11-13H2,1H3. The quantitative estimate of drug-likeness (QED) is 0.787. The number of hydrogen-bond donors (Lipinski definition) is 0. The van der Waals surface area contributed by atoms with E-state index in [2.05, 4.69) is 4.90 Å². The van der Waals surface area contributed by atoms with Crippen LogP contribution in [-0.2, 0) is 9.53 Å². The van der Waals surface area contributed by atoms with Crippen molar-refractivity contribution in [3.05, 3.63) is 30.1 Å². The first-order valence-electron chi connectivity index (χ1n) is 9.23. The van der Waals surface area contributed by atoms with E-state index >= 15 is 0 Å². The Morgan fingerprint density at radius 1 is 1.28 bits per heavy atom. The molecule has 0 amide bonds. The van der Waals surface area contributed by atoms with Gasteiger partial charge in [0.2, 0.25) is 0 Å². The van der Waals surface area contributed by atoms with Gasteiger partial charge in [-0.2, -0.15) is 5.10 Å². The van der Waals surface area contributed by atoms with Crippen molar-refractivity contribution in [2.75, 3.05) is 24.7 Å². The molecule has 25 heavy (non-hydrogen) atoms. The number of nitrogens with zero attached hydrogens (tertiary/aromatic N) is 3. The molecule has 2 atom stereocenters. The Bertz CT molecular complexity index is 684. The second kappa shape index (κ2) is 6.41. The summed E-state index contributed by atoms with van der Waals surface area (Å²) in [7, 11) is 0. The summed E-state index contributed by atoms with van der Waals surface area (Å²) in [5, 5.41) is 6.69. The largest absolute Gasteiger partial charge is 0.461 e. The molecule has 0 spiro atoms. The van der Waals surface area contributed by atoms with Crippen LogP contribution in [-0.4, -0.2) is 41.9 Å². The molecule has 1 aliphatic carbocycles. The average molecular weight is 345 g/mol. The predicted octanol–water partition coefficient (Wildman–Crippen LogP) is 3.16. The van der Waals surface area contributed by atoms with Crippen molar-refractivity contribution in [2.24, 2.45) is 11.0 Å². The first kappa shape index (κ1) is 16.5. The van der Waals surface area contributed by atoms with Gasteiger partial charge in [0, 0.05) is 19.0 Å². The van der Waals surface area contributed by atoms with Crippen molar-refractivity contribution < 1.29 is 13.9 Å². The van der Waals surface area contributed by atoms with Gasteiger partial charge in [0.05, 0.1) is 12.3 Å². The summed E-state index contributed by atoms with van der Waals surface area (Å²) in [6.45, 7) is 4.19. The molecule has 1 saturated heterocycles. The normalized spacial score (nSPS) is 29.0. The summed E-state index contributed by atoms with van der Waals surface area (Å²) in [6.07, 6.45) is 5.28. The number of hydrogen-bond acceptors (Lipinski definition) is 5. The second-order valence-electron chi connectivity index (χ2n) is 7.01. The van der Waals surface area contributed by atoms with E-state index in [9.17, 15) is 9.18 Å². The third-order valence-electron chi connectivity index (χ3n) is 5.71. The summed E-state index contributed by atoms with van der Waals surface area (Å²) in [4.78, 5) is 15.0. The summed E-state index contributed by atoms with van der Waals surface area (Å²) < 4.78 is 18.7. The van der Waals surface area contributed by atoms with Crippen molar-refractivity contribution in [1.82, 2.24) is 4.90 Å². The maximum Gasteiger partial charge on any atom is 0.354 e. The molecule has 1 aromatic rings. The molecule has 134 valence electrons.